The summed E-state index contributed by atoms with van der Waals surface area (Å²) in [5, 5.41) is 4.71. The Bertz CT molecular complexity index is 603. The molecular formula is C17H24N2O4. The summed E-state index contributed by atoms with van der Waals surface area (Å²) in [5.41, 5.74) is 2.37. The summed E-state index contributed by atoms with van der Waals surface area (Å²) in [6, 6.07) is 4.89. The van der Waals surface area contributed by atoms with Crippen LogP contribution in [0.4, 0.5) is 10.5 Å². The third kappa shape index (κ3) is 7.44. The SMILES string of the molecule is Cc1ccc(NC(=O)NC(=O)COC(=O)CC(C)(C)C)c(C)c1. The van der Waals surface area contributed by atoms with E-state index in [-0.39, 0.29) is 11.8 Å². The van der Waals surface area contributed by atoms with Crippen LogP contribution >= 0.6 is 0 Å². The van der Waals surface area contributed by atoms with Gasteiger partial charge < -0.3 is 10.1 Å². The van der Waals surface area contributed by atoms with E-state index in [4.69, 9.17) is 4.74 Å². The van der Waals surface area contributed by atoms with E-state index in [1.165, 1.54) is 0 Å². The maximum Gasteiger partial charge on any atom is 0.325 e. The fraction of sp³-hybridized carbons (Fsp3) is 0.471. The molecule has 3 amide bonds. The normalized spacial score (nSPS) is 10.8. The molecule has 0 fully saturated rings. The molecule has 0 aliphatic rings. The number of nitrogens with one attached hydrogen (secondary N) is 2. The zero-order chi connectivity index (χ0) is 17.6. The van der Waals surface area contributed by atoms with Gasteiger partial charge in [-0.15, -0.1) is 0 Å². The molecule has 1 rings (SSSR count). The van der Waals surface area contributed by atoms with Gasteiger partial charge >= 0.3 is 12.0 Å². The largest absolute Gasteiger partial charge is 0.456 e. The second-order valence-electron chi connectivity index (χ2n) is 6.72. The Morgan fingerprint density at radius 1 is 1.13 bits per heavy atom. The smallest absolute Gasteiger partial charge is 0.325 e. The zero-order valence-electron chi connectivity index (χ0n) is 14.3. The lowest BCUT2D eigenvalue weighted by atomic mass is 9.93. The van der Waals surface area contributed by atoms with Gasteiger partial charge in [0.15, 0.2) is 6.61 Å². The van der Waals surface area contributed by atoms with Gasteiger partial charge in [-0.2, -0.15) is 0 Å². The predicted molar refractivity (Wildman–Crippen MR) is 88.1 cm³/mol. The van der Waals surface area contributed by atoms with E-state index in [2.05, 4.69) is 10.6 Å². The van der Waals surface area contributed by atoms with E-state index in [9.17, 15) is 14.4 Å². The minimum absolute atomic E-state index is 0.203. The minimum Gasteiger partial charge on any atom is -0.456 e. The Hall–Kier alpha value is -2.37. The van der Waals surface area contributed by atoms with Gasteiger partial charge in [-0.05, 0) is 30.9 Å². The van der Waals surface area contributed by atoms with Crippen molar-refractivity contribution in [3.8, 4) is 0 Å². The lowest BCUT2D eigenvalue weighted by Gasteiger charge is -2.16. The first-order valence-corrected chi connectivity index (χ1v) is 7.40. The topological polar surface area (TPSA) is 84.5 Å². The standard InChI is InChI=1S/C17H24N2O4/c1-11-6-7-13(12(2)8-11)18-16(22)19-14(20)10-23-15(21)9-17(3,4)5/h6-8H,9-10H2,1-5H3,(H2,18,19,20,22). The summed E-state index contributed by atoms with van der Waals surface area (Å²) in [5.74, 6) is -1.14. The third-order valence-electron chi connectivity index (χ3n) is 2.92. The van der Waals surface area contributed by atoms with Crippen molar-refractivity contribution in [3.05, 3.63) is 29.3 Å². The van der Waals surface area contributed by atoms with Crippen molar-refractivity contribution in [2.75, 3.05) is 11.9 Å². The third-order valence-corrected chi connectivity index (χ3v) is 2.92. The Labute approximate surface area is 136 Å². The van der Waals surface area contributed by atoms with Gasteiger partial charge in [-0.3, -0.25) is 14.9 Å². The van der Waals surface area contributed by atoms with Crippen molar-refractivity contribution in [1.82, 2.24) is 5.32 Å². The molecule has 0 saturated carbocycles. The van der Waals surface area contributed by atoms with Gasteiger partial charge in [-0.1, -0.05) is 38.5 Å². The van der Waals surface area contributed by atoms with Crippen molar-refractivity contribution in [1.29, 1.82) is 0 Å². The quantitative estimate of drug-likeness (QED) is 0.835. The van der Waals surface area contributed by atoms with Crippen LogP contribution in [0.5, 0.6) is 0 Å². The van der Waals surface area contributed by atoms with E-state index in [0.29, 0.717) is 5.69 Å². The summed E-state index contributed by atoms with van der Waals surface area (Å²) >= 11 is 0. The number of carbonyl (C=O) groups is 3. The molecule has 1 aromatic carbocycles. The van der Waals surface area contributed by atoms with Crippen LogP contribution in [0.25, 0.3) is 0 Å². The molecule has 0 aliphatic heterocycles. The van der Waals surface area contributed by atoms with Crippen LogP contribution in [0.3, 0.4) is 0 Å². The molecule has 0 saturated heterocycles. The number of imide groups is 1. The second-order valence-corrected chi connectivity index (χ2v) is 6.72. The predicted octanol–water partition coefficient (Wildman–Crippen LogP) is 2.93. The molecule has 0 unspecified atom stereocenters. The zero-order valence-corrected chi connectivity index (χ0v) is 14.3. The number of benzene rings is 1. The van der Waals surface area contributed by atoms with Crippen molar-refractivity contribution in [2.45, 2.75) is 41.0 Å². The molecule has 0 atom stereocenters. The van der Waals surface area contributed by atoms with Crippen molar-refractivity contribution < 1.29 is 19.1 Å². The molecule has 6 heteroatoms. The molecule has 0 aromatic heterocycles. The second kappa shape index (κ2) is 7.76. The van der Waals surface area contributed by atoms with Crippen molar-refractivity contribution in [2.24, 2.45) is 5.41 Å². The van der Waals surface area contributed by atoms with Crippen molar-refractivity contribution in [3.63, 3.8) is 0 Å². The number of rotatable bonds is 4. The molecule has 1 aromatic rings. The van der Waals surface area contributed by atoms with E-state index >= 15 is 0 Å². The first-order chi connectivity index (χ1) is 10.6. The number of esters is 1. The number of amides is 3. The number of hydrogen-bond acceptors (Lipinski definition) is 4. The summed E-state index contributed by atoms with van der Waals surface area (Å²) in [4.78, 5) is 34.9. The molecule has 0 spiro atoms. The van der Waals surface area contributed by atoms with Crippen LogP contribution in [0.2, 0.25) is 0 Å². The van der Waals surface area contributed by atoms with Crippen LogP contribution in [-0.2, 0) is 14.3 Å². The maximum absolute atomic E-state index is 11.7. The van der Waals surface area contributed by atoms with Gasteiger partial charge in [0.1, 0.15) is 0 Å². The molecule has 0 bridgehead atoms. The minimum atomic E-state index is -0.672. The number of aryl methyl sites for hydroxylation is 2. The Morgan fingerprint density at radius 2 is 1.78 bits per heavy atom. The summed E-state index contributed by atoms with van der Waals surface area (Å²) < 4.78 is 4.84. The van der Waals surface area contributed by atoms with Gasteiger partial charge in [-0.25, -0.2) is 4.79 Å². The molecular weight excluding hydrogens is 296 g/mol. The molecule has 0 heterocycles. The van der Waals surface area contributed by atoms with Crippen LogP contribution in [0, 0.1) is 19.3 Å². The van der Waals surface area contributed by atoms with Crippen LogP contribution in [-0.4, -0.2) is 24.5 Å². The number of anilines is 1. The number of hydrogen-bond donors (Lipinski definition) is 2. The van der Waals surface area contributed by atoms with Gasteiger partial charge in [0.2, 0.25) is 0 Å². The van der Waals surface area contributed by atoms with Crippen molar-refractivity contribution >= 4 is 23.6 Å². The Morgan fingerprint density at radius 3 is 2.35 bits per heavy atom. The van der Waals surface area contributed by atoms with Crippen LogP contribution in [0.15, 0.2) is 18.2 Å². The summed E-state index contributed by atoms with van der Waals surface area (Å²) in [7, 11) is 0. The lowest BCUT2D eigenvalue weighted by molar-refractivity contribution is -0.150. The van der Waals surface area contributed by atoms with E-state index in [0.717, 1.165) is 11.1 Å². The molecule has 23 heavy (non-hydrogen) atoms. The van der Waals surface area contributed by atoms with Gasteiger partial charge in [0.05, 0.1) is 6.42 Å². The van der Waals surface area contributed by atoms with E-state index in [1.807, 2.05) is 46.8 Å². The molecule has 6 nitrogen and oxygen atoms in total. The number of ether oxygens (including phenoxy) is 1. The molecule has 0 radical (unpaired) electrons. The lowest BCUT2D eigenvalue weighted by Crippen LogP contribution is -2.37. The highest BCUT2D eigenvalue weighted by Crippen LogP contribution is 2.18. The summed E-state index contributed by atoms with van der Waals surface area (Å²) in [6.45, 7) is 9.02. The summed E-state index contributed by atoms with van der Waals surface area (Å²) in [6.07, 6.45) is 0.203. The number of urea groups is 1. The highest BCUT2D eigenvalue weighted by molar-refractivity contribution is 6.02. The Balaban J connectivity index is 2.42. The van der Waals surface area contributed by atoms with E-state index < -0.39 is 24.5 Å². The van der Waals surface area contributed by atoms with Gasteiger partial charge in [0.25, 0.3) is 5.91 Å². The fourth-order valence-electron chi connectivity index (χ4n) is 1.90. The maximum atomic E-state index is 11.7. The first-order valence-electron chi connectivity index (χ1n) is 7.40. The highest BCUT2D eigenvalue weighted by Gasteiger charge is 2.18. The molecule has 2 N–H and O–H groups in total. The van der Waals surface area contributed by atoms with Gasteiger partial charge in [0, 0.05) is 5.69 Å². The monoisotopic (exact) mass is 320 g/mol. The average molecular weight is 320 g/mol. The van der Waals surface area contributed by atoms with Crippen LogP contribution < -0.4 is 10.6 Å². The average Bonchev–Trinajstić information content (AvgIpc) is 2.38. The molecule has 126 valence electrons. The highest BCUT2D eigenvalue weighted by atomic mass is 16.5. The fourth-order valence-corrected chi connectivity index (χ4v) is 1.90. The number of carbonyl (C=O) groups excluding carboxylic acids is 3. The van der Waals surface area contributed by atoms with Crippen LogP contribution in [0.1, 0.15) is 38.3 Å². The Kier molecular flexibility index (Phi) is 6.30. The van der Waals surface area contributed by atoms with E-state index in [1.54, 1.807) is 6.07 Å². The molecule has 0 aliphatic carbocycles. The first kappa shape index (κ1) is 18.7.